The van der Waals surface area contributed by atoms with Crippen molar-refractivity contribution in [2.24, 2.45) is 5.16 Å². The number of hydrogen-bond acceptors (Lipinski definition) is 5. The van der Waals surface area contributed by atoms with Crippen LogP contribution in [0.15, 0.2) is 41.6 Å². The van der Waals surface area contributed by atoms with Crippen molar-refractivity contribution in [3.63, 3.8) is 0 Å². The first kappa shape index (κ1) is 17.6. The smallest absolute Gasteiger partial charge is 0.350 e. The molecule has 1 atom stereocenters. The average molecular weight is 369 g/mol. The Morgan fingerprint density at radius 1 is 1.28 bits per heavy atom. The van der Waals surface area contributed by atoms with Crippen LogP contribution < -0.4 is 0 Å². The highest BCUT2D eigenvalue weighted by atomic mass is 32.1. The number of alkyl halides is 3. The van der Waals surface area contributed by atoms with Gasteiger partial charge in [0.1, 0.15) is 0 Å². The molecule has 2 aromatic rings. The molecular formula is C17H14F3NO3S. The van der Waals surface area contributed by atoms with E-state index in [1.807, 2.05) is 6.07 Å². The first-order valence-corrected chi connectivity index (χ1v) is 8.23. The van der Waals surface area contributed by atoms with Crippen molar-refractivity contribution in [3.8, 4) is 0 Å². The van der Waals surface area contributed by atoms with Crippen LogP contribution in [0, 0.1) is 0 Å². The highest BCUT2D eigenvalue weighted by Crippen LogP contribution is 2.38. The molecule has 1 aliphatic heterocycles. The Balaban J connectivity index is 1.70. The van der Waals surface area contributed by atoms with E-state index in [0.717, 1.165) is 10.4 Å². The number of nitrogens with zero attached hydrogens (tertiary/aromatic N) is 1. The topological polar surface area (TPSA) is 58.9 Å². The minimum absolute atomic E-state index is 0.0167. The molecule has 0 bridgehead atoms. The van der Waals surface area contributed by atoms with Gasteiger partial charge in [-0.3, -0.25) is 4.79 Å². The summed E-state index contributed by atoms with van der Waals surface area (Å²) in [5.74, 6) is -3.25. The van der Waals surface area contributed by atoms with Crippen LogP contribution in [0.2, 0.25) is 0 Å². The van der Waals surface area contributed by atoms with Gasteiger partial charge in [0.05, 0.1) is 17.0 Å². The lowest BCUT2D eigenvalue weighted by atomic mass is 10.0. The molecular weight excluding hydrogens is 355 g/mol. The first-order chi connectivity index (χ1) is 11.7. The van der Waals surface area contributed by atoms with Gasteiger partial charge in [0.25, 0.3) is 0 Å². The second-order valence-corrected chi connectivity index (χ2v) is 6.95. The number of aliphatic hydroxyl groups is 1. The Kier molecular flexibility index (Phi) is 4.42. The molecule has 1 aromatic carbocycles. The molecule has 132 valence electrons. The van der Waals surface area contributed by atoms with E-state index in [0.29, 0.717) is 16.9 Å². The molecule has 1 unspecified atom stereocenters. The van der Waals surface area contributed by atoms with E-state index in [9.17, 15) is 23.1 Å². The summed E-state index contributed by atoms with van der Waals surface area (Å²) in [6.45, 7) is 1.51. The zero-order chi connectivity index (χ0) is 18.2. The van der Waals surface area contributed by atoms with E-state index in [1.54, 1.807) is 30.3 Å². The predicted molar refractivity (Wildman–Crippen MR) is 86.8 cm³/mol. The summed E-state index contributed by atoms with van der Waals surface area (Å²) in [7, 11) is 0. The van der Waals surface area contributed by atoms with Crippen molar-refractivity contribution in [3.05, 3.63) is 57.3 Å². The number of hydrogen-bond donors (Lipinski definition) is 1. The van der Waals surface area contributed by atoms with Crippen molar-refractivity contribution >= 4 is 22.8 Å². The second-order valence-electron chi connectivity index (χ2n) is 5.78. The molecule has 1 aromatic heterocycles. The quantitative estimate of drug-likeness (QED) is 0.831. The third kappa shape index (κ3) is 3.59. The third-order valence-corrected chi connectivity index (χ3v) is 5.02. The number of carbonyl (C=O) groups is 1. The molecule has 4 nitrogen and oxygen atoms in total. The fourth-order valence-electron chi connectivity index (χ4n) is 2.41. The van der Waals surface area contributed by atoms with Crippen LogP contribution in [0.1, 0.15) is 39.0 Å². The number of benzene rings is 1. The normalized spacial score (nSPS) is 20.3. The maximum Gasteiger partial charge on any atom is 0.458 e. The number of carbonyl (C=O) groups excluding carboxylic acids is 1. The van der Waals surface area contributed by atoms with E-state index in [1.165, 1.54) is 18.3 Å². The zero-order valence-corrected chi connectivity index (χ0v) is 13.9. The summed E-state index contributed by atoms with van der Waals surface area (Å²) < 4.78 is 38.2. The zero-order valence-electron chi connectivity index (χ0n) is 13.1. The first-order valence-electron chi connectivity index (χ1n) is 7.41. The standard InChI is InChI=1S/C17H14F3NO3S/c1-10(22)15-7-6-13(25-15)8-11-2-4-12(5-3-11)14-9-16(23,24-21-14)17(18,19)20/h2-7,23H,8-9H2,1H3. The van der Waals surface area contributed by atoms with Gasteiger partial charge < -0.3 is 9.94 Å². The van der Waals surface area contributed by atoms with E-state index in [-0.39, 0.29) is 11.5 Å². The largest absolute Gasteiger partial charge is 0.458 e. The maximum atomic E-state index is 12.7. The molecule has 0 saturated heterocycles. The minimum atomic E-state index is -4.91. The molecule has 0 fully saturated rings. The van der Waals surface area contributed by atoms with Crippen molar-refractivity contribution in [1.82, 2.24) is 0 Å². The van der Waals surface area contributed by atoms with Gasteiger partial charge in [0, 0.05) is 11.3 Å². The Morgan fingerprint density at radius 3 is 2.48 bits per heavy atom. The van der Waals surface area contributed by atoms with E-state index in [2.05, 4.69) is 9.99 Å². The molecule has 1 aliphatic rings. The minimum Gasteiger partial charge on any atom is -0.350 e. The Hall–Kier alpha value is -2.19. The molecule has 2 heterocycles. The van der Waals surface area contributed by atoms with E-state index in [4.69, 9.17) is 0 Å². The number of Topliss-reactive ketones (excluding diaryl/α,β-unsaturated/α-hetero) is 1. The van der Waals surface area contributed by atoms with E-state index >= 15 is 0 Å². The molecule has 0 radical (unpaired) electrons. The number of rotatable bonds is 4. The molecule has 8 heteroatoms. The fraction of sp³-hybridized carbons (Fsp3) is 0.294. The van der Waals surface area contributed by atoms with Gasteiger partial charge in [-0.1, -0.05) is 29.4 Å². The molecule has 0 amide bonds. The van der Waals surface area contributed by atoms with Crippen molar-refractivity contribution in [2.75, 3.05) is 0 Å². The van der Waals surface area contributed by atoms with Crippen LogP contribution in [0.4, 0.5) is 13.2 Å². The molecule has 0 spiro atoms. The summed E-state index contributed by atoms with van der Waals surface area (Å²) in [5.41, 5.74) is 1.45. The van der Waals surface area contributed by atoms with Crippen LogP contribution >= 0.6 is 11.3 Å². The number of thiophene rings is 1. The van der Waals surface area contributed by atoms with Crippen LogP contribution in [-0.2, 0) is 11.3 Å². The molecule has 3 rings (SSSR count). The number of ketones is 1. The number of halogens is 3. The average Bonchev–Trinajstić information content (AvgIpc) is 3.15. The summed E-state index contributed by atoms with van der Waals surface area (Å²) >= 11 is 1.42. The summed E-state index contributed by atoms with van der Waals surface area (Å²) in [6.07, 6.45) is -5.04. The lowest BCUT2D eigenvalue weighted by Gasteiger charge is -2.22. The molecule has 0 saturated carbocycles. The Morgan fingerprint density at radius 2 is 1.96 bits per heavy atom. The second kappa shape index (κ2) is 6.27. The Labute approximate surface area is 145 Å². The third-order valence-electron chi connectivity index (χ3n) is 3.83. The molecule has 0 aliphatic carbocycles. The van der Waals surface area contributed by atoms with Gasteiger partial charge >= 0.3 is 12.0 Å². The van der Waals surface area contributed by atoms with Crippen LogP contribution in [0.25, 0.3) is 0 Å². The summed E-state index contributed by atoms with van der Waals surface area (Å²) in [4.78, 5) is 17.2. The van der Waals surface area contributed by atoms with Crippen LogP contribution in [-0.4, -0.2) is 28.6 Å². The van der Waals surface area contributed by atoms with Crippen molar-refractivity contribution < 1.29 is 27.9 Å². The van der Waals surface area contributed by atoms with Gasteiger partial charge in [-0.25, -0.2) is 0 Å². The molecule has 25 heavy (non-hydrogen) atoms. The van der Waals surface area contributed by atoms with Gasteiger partial charge in [0.2, 0.25) is 0 Å². The monoisotopic (exact) mass is 369 g/mol. The molecule has 1 N–H and O–H groups in total. The van der Waals surface area contributed by atoms with Crippen LogP contribution in [0.3, 0.4) is 0 Å². The van der Waals surface area contributed by atoms with Gasteiger partial charge in [-0.2, -0.15) is 13.2 Å². The highest BCUT2D eigenvalue weighted by Gasteiger charge is 2.60. The SMILES string of the molecule is CC(=O)c1ccc(Cc2ccc(C3=NOC(O)(C(F)(F)F)C3)cc2)s1. The fourth-order valence-corrected chi connectivity index (χ4v) is 3.34. The van der Waals surface area contributed by atoms with Gasteiger partial charge in [-0.05, 0) is 30.2 Å². The lowest BCUT2D eigenvalue weighted by Crippen LogP contribution is -2.45. The lowest BCUT2D eigenvalue weighted by molar-refractivity contribution is -0.355. The van der Waals surface area contributed by atoms with Gasteiger partial charge in [0.15, 0.2) is 5.78 Å². The maximum absolute atomic E-state index is 12.7. The van der Waals surface area contributed by atoms with Crippen molar-refractivity contribution in [1.29, 1.82) is 0 Å². The van der Waals surface area contributed by atoms with Crippen molar-refractivity contribution in [2.45, 2.75) is 31.7 Å². The van der Waals surface area contributed by atoms with E-state index < -0.39 is 18.4 Å². The van der Waals surface area contributed by atoms with Gasteiger partial charge in [-0.15, -0.1) is 11.3 Å². The highest BCUT2D eigenvalue weighted by molar-refractivity contribution is 7.14. The van der Waals surface area contributed by atoms with Crippen LogP contribution in [0.5, 0.6) is 0 Å². The predicted octanol–water partition coefficient (Wildman–Crippen LogP) is 3.92. The summed E-state index contributed by atoms with van der Waals surface area (Å²) in [5, 5.41) is 12.8. The summed E-state index contributed by atoms with van der Waals surface area (Å²) in [6, 6.07) is 10.5. The Bertz CT molecular complexity index is 826. The number of oxime groups is 1.